The maximum absolute atomic E-state index is 12.0. The van der Waals surface area contributed by atoms with Crippen LogP contribution in [0.25, 0.3) is 0 Å². The van der Waals surface area contributed by atoms with Gasteiger partial charge in [0.1, 0.15) is 5.69 Å². The quantitative estimate of drug-likeness (QED) is 0.460. The Balaban J connectivity index is 1.82. The first-order valence-corrected chi connectivity index (χ1v) is 8.89. The summed E-state index contributed by atoms with van der Waals surface area (Å²) < 4.78 is 0.842. The molecule has 0 aliphatic rings. The Kier molecular flexibility index (Phi) is 6.73. The summed E-state index contributed by atoms with van der Waals surface area (Å²) in [6, 6.07) is 7.47. The number of benzene rings is 1. The second-order valence-corrected chi connectivity index (χ2v) is 6.31. The molecule has 0 spiro atoms. The Hall–Kier alpha value is -2.88. The van der Waals surface area contributed by atoms with Crippen molar-refractivity contribution in [2.45, 2.75) is 25.4 Å². The maximum Gasteiger partial charge on any atom is 0.294 e. The average molecular weight is 376 g/mol. The maximum atomic E-state index is 12.0. The van der Waals surface area contributed by atoms with Crippen molar-refractivity contribution in [1.82, 2.24) is 20.2 Å². The number of rotatable bonds is 7. The molecule has 9 nitrogen and oxygen atoms in total. The summed E-state index contributed by atoms with van der Waals surface area (Å²) >= 11 is 0.960. The molecular formula is C16H20N6O3S. The molecule has 0 aliphatic heterocycles. The number of nitrogens with one attached hydrogen (secondary N) is 2. The number of thioether (sulfide) groups is 1. The summed E-state index contributed by atoms with van der Waals surface area (Å²) in [5, 5.41) is 12.8. The minimum absolute atomic E-state index is 0.0484. The first-order valence-electron chi connectivity index (χ1n) is 7.91. The number of aromatic nitrogens is 3. The van der Waals surface area contributed by atoms with Gasteiger partial charge in [-0.3, -0.25) is 14.4 Å². The number of nitrogen functional groups attached to an aromatic ring is 1. The van der Waals surface area contributed by atoms with E-state index in [0.29, 0.717) is 0 Å². The van der Waals surface area contributed by atoms with Gasteiger partial charge in [-0.2, -0.15) is 4.68 Å². The van der Waals surface area contributed by atoms with Crippen LogP contribution in [0.3, 0.4) is 0 Å². The number of carbonyl (C=O) groups is 2. The first kappa shape index (κ1) is 19.4. The number of amides is 2. The lowest BCUT2D eigenvalue weighted by molar-refractivity contribution is -0.122. The number of hydrogen-bond donors (Lipinski definition) is 3. The highest BCUT2D eigenvalue weighted by atomic mass is 32.2. The van der Waals surface area contributed by atoms with Gasteiger partial charge in [-0.05, 0) is 25.0 Å². The highest BCUT2D eigenvalue weighted by molar-refractivity contribution is 7.99. The van der Waals surface area contributed by atoms with Crippen LogP contribution >= 0.6 is 11.8 Å². The molecule has 0 unspecified atom stereocenters. The lowest BCUT2D eigenvalue weighted by atomic mass is 10.1. The molecule has 138 valence electrons. The predicted octanol–water partition coefficient (Wildman–Crippen LogP) is 0.0699. The van der Waals surface area contributed by atoms with E-state index in [1.165, 1.54) is 6.92 Å². The number of hydrogen-bond acceptors (Lipinski definition) is 7. The van der Waals surface area contributed by atoms with Gasteiger partial charge in [0, 0.05) is 5.69 Å². The summed E-state index contributed by atoms with van der Waals surface area (Å²) in [5.41, 5.74) is 1.44. The minimum atomic E-state index is -0.475. The monoisotopic (exact) mass is 376 g/mol. The molecule has 10 heteroatoms. The normalized spacial score (nSPS) is 10.4. The zero-order valence-corrected chi connectivity index (χ0v) is 15.3. The molecule has 2 amide bonds. The summed E-state index contributed by atoms with van der Waals surface area (Å²) in [5.74, 6) is 4.83. The zero-order valence-electron chi connectivity index (χ0n) is 14.5. The summed E-state index contributed by atoms with van der Waals surface area (Å²) in [6.45, 7) is 3.33. The van der Waals surface area contributed by atoms with Crippen molar-refractivity contribution in [1.29, 1.82) is 0 Å². The summed E-state index contributed by atoms with van der Waals surface area (Å²) in [7, 11) is 0. The topological polar surface area (TPSA) is 132 Å². The van der Waals surface area contributed by atoms with E-state index >= 15 is 0 Å². The standard InChI is InChI=1S/C16H20N6O3S/c1-3-11-6-4-5-7-12(11)19-13(23)8-18-14(24)9-26-16-21-20-10(2)15(25)22(16)17/h4-7H,3,8-9,17H2,1-2H3,(H,18,24)(H,19,23). The molecule has 0 fully saturated rings. The van der Waals surface area contributed by atoms with E-state index in [1.807, 2.05) is 31.2 Å². The van der Waals surface area contributed by atoms with Gasteiger partial charge < -0.3 is 16.5 Å². The summed E-state index contributed by atoms with van der Waals surface area (Å²) in [6.07, 6.45) is 0.790. The number of para-hydroxylation sites is 1. The zero-order chi connectivity index (χ0) is 19.1. The molecule has 2 rings (SSSR count). The van der Waals surface area contributed by atoms with Crippen LogP contribution in [0.5, 0.6) is 0 Å². The van der Waals surface area contributed by atoms with E-state index in [-0.39, 0.29) is 35.0 Å². The fraction of sp³-hybridized carbons (Fsp3) is 0.312. The van der Waals surface area contributed by atoms with Gasteiger partial charge in [-0.15, -0.1) is 10.2 Å². The lowest BCUT2D eigenvalue weighted by Crippen LogP contribution is -2.35. The highest BCUT2D eigenvalue weighted by Crippen LogP contribution is 2.15. The van der Waals surface area contributed by atoms with E-state index in [9.17, 15) is 14.4 Å². The number of aryl methyl sites for hydroxylation is 2. The Morgan fingerprint density at radius 2 is 1.96 bits per heavy atom. The van der Waals surface area contributed by atoms with Crippen molar-refractivity contribution in [2.24, 2.45) is 0 Å². The Bertz CT molecular complexity index is 867. The van der Waals surface area contributed by atoms with Gasteiger partial charge in [-0.25, -0.2) is 0 Å². The van der Waals surface area contributed by atoms with Crippen LogP contribution in [0.2, 0.25) is 0 Å². The van der Waals surface area contributed by atoms with Crippen LogP contribution in [0, 0.1) is 6.92 Å². The van der Waals surface area contributed by atoms with Gasteiger partial charge in [0.15, 0.2) is 0 Å². The molecule has 0 radical (unpaired) electrons. The van der Waals surface area contributed by atoms with Crippen LogP contribution in [0.4, 0.5) is 5.69 Å². The molecule has 1 heterocycles. The third-order valence-corrected chi connectivity index (χ3v) is 4.41. The second-order valence-electron chi connectivity index (χ2n) is 5.37. The van der Waals surface area contributed by atoms with E-state index in [1.54, 1.807) is 0 Å². The van der Waals surface area contributed by atoms with Gasteiger partial charge in [0.05, 0.1) is 12.3 Å². The molecule has 2 aromatic rings. The molecule has 1 aromatic carbocycles. The van der Waals surface area contributed by atoms with Gasteiger partial charge >= 0.3 is 0 Å². The van der Waals surface area contributed by atoms with E-state index in [0.717, 1.165) is 34.1 Å². The van der Waals surface area contributed by atoms with Crippen molar-refractivity contribution in [2.75, 3.05) is 23.5 Å². The van der Waals surface area contributed by atoms with Crippen LogP contribution in [-0.2, 0) is 16.0 Å². The number of anilines is 1. The van der Waals surface area contributed by atoms with Crippen LogP contribution in [-0.4, -0.2) is 39.0 Å². The van der Waals surface area contributed by atoms with Crippen molar-refractivity contribution in [3.05, 3.63) is 45.9 Å². The van der Waals surface area contributed by atoms with E-state index in [4.69, 9.17) is 5.84 Å². The molecule has 26 heavy (non-hydrogen) atoms. The van der Waals surface area contributed by atoms with Crippen LogP contribution in [0.15, 0.2) is 34.2 Å². The van der Waals surface area contributed by atoms with Gasteiger partial charge in [0.25, 0.3) is 5.56 Å². The number of carbonyl (C=O) groups excluding carboxylic acids is 2. The molecular weight excluding hydrogens is 356 g/mol. The fourth-order valence-electron chi connectivity index (χ4n) is 2.07. The smallest absolute Gasteiger partial charge is 0.294 e. The first-order chi connectivity index (χ1) is 12.4. The molecule has 0 bridgehead atoms. The molecule has 0 atom stereocenters. The van der Waals surface area contributed by atoms with Crippen molar-refractivity contribution >= 4 is 29.3 Å². The SMILES string of the molecule is CCc1ccccc1NC(=O)CNC(=O)CSc1nnc(C)c(=O)n1N. The summed E-state index contributed by atoms with van der Waals surface area (Å²) in [4.78, 5) is 35.5. The third kappa shape index (κ3) is 5.06. The second kappa shape index (κ2) is 8.99. The number of nitrogens with zero attached hydrogens (tertiary/aromatic N) is 3. The molecule has 1 aromatic heterocycles. The number of nitrogens with two attached hydrogens (primary N) is 1. The van der Waals surface area contributed by atoms with E-state index in [2.05, 4.69) is 20.8 Å². The Morgan fingerprint density at radius 1 is 1.23 bits per heavy atom. The molecule has 0 saturated heterocycles. The predicted molar refractivity (Wildman–Crippen MR) is 99.4 cm³/mol. The highest BCUT2D eigenvalue weighted by Gasteiger charge is 2.12. The van der Waals surface area contributed by atoms with E-state index < -0.39 is 5.56 Å². The van der Waals surface area contributed by atoms with Crippen molar-refractivity contribution in [3.63, 3.8) is 0 Å². The fourth-order valence-corrected chi connectivity index (χ4v) is 2.76. The lowest BCUT2D eigenvalue weighted by Gasteiger charge is -2.10. The molecule has 4 N–H and O–H groups in total. The largest absolute Gasteiger partial charge is 0.346 e. The van der Waals surface area contributed by atoms with Crippen molar-refractivity contribution in [3.8, 4) is 0 Å². The minimum Gasteiger partial charge on any atom is -0.346 e. The molecule has 0 saturated carbocycles. The Labute approximate surface area is 154 Å². The van der Waals surface area contributed by atoms with Crippen LogP contribution < -0.4 is 22.0 Å². The van der Waals surface area contributed by atoms with Crippen molar-refractivity contribution < 1.29 is 9.59 Å². The van der Waals surface area contributed by atoms with Crippen LogP contribution in [0.1, 0.15) is 18.2 Å². The van der Waals surface area contributed by atoms with Gasteiger partial charge in [0.2, 0.25) is 17.0 Å². The average Bonchev–Trinajstić information content (AvgIpc) is 2.64. The van der Waals surface area contributed by atoms with Gasteiger partial charge in [-0.1, -0.05) is 36.9 Å². The Morgan fingerprint density at radius 3 is 2.69 bits per heavy atom. The molecule has 0 aliphatic carbocycles. The third-order valence-electron chi connectivity index (χ3n) is 3.47.